The van der Waals surface area contributed by atoms with Crippen LogP contribution < -0.4 is 10.1 Å². The summed E-state index contributed by atoms with van der Waals surface area (Å²) in [5, 5.41) is 3.68. The molecule has 0 aliphatic heterocycles. The van der Waals surface area contributed by atoms with Gasteiger partial charge in [0.15, 0.2) is 6.61 Å². The van der Waals surface area contributed by atoms with Gasteiger partial charge in [0.05, 0.1) is 12.1 Å². The Labute approximate surface area is 111 Å². The maximum absolute atomic E-state index is 11.5. The number of aromatic nitrogens is 1. The second-order valence-corrected chi connectivity index (χ2v) is 3.99. The molecule has 0 fully saturated rings. The third-order valence-corrected chi connectivity index (χ3v) is 2.57. The van der Waals surface area contributed by atoms with Gasteiger partial charge in [0.1, 0.15) is 5.75 Å². The number of nitrogens with zero attached hydrogens (tertiary/aromatic N) is 1. The quantitative estimate of drug-likeness (QED) is 0.797. The van der Waals surface area contributed by atoms with Gasteiger partial charge in [-0.05, 0) is 24.3 Å². The summed E-state index contributed by atoms with van der Waals surface area (Å²) in [5.41, 5.74) is 0.902. The van der Waals surface area contributed by atoms with Crippen molar-refractivity contribution >= 4 is 16.8 Å². The first-order chi connectivity index (χ1) is 9.29. The second-order valence-electron chi connectivity index (χ2n) is 3.99. The molecule has 0 saturated carbocycles. The molecule has 1 aromatic heterocycles. The van der Waals surface area contributed by atoms with Gasteiger partial charge in [-0.1, -0.05) is 6.07 Å². The van der Waals surface area contributed by atoms with E-state index in [0.717, 1.165) is 10.9 Å². The fourth-order valence-electron chi connectivity index (χ4n) is 1.64. The number of pyridine rings is 1. The number of ether oxygens (including phenoxy) is 2. The molecule has 0 aliphatic rings. The van der Waals surface area contributed by atoms with Crippen molar-refractivity contribution in [3.05, 3.63) is 36.5 Å². The Morgan fingerprint density at radius 1 is 1.37 bits per heavy atom. The minimum atomic E-state index is -0.164. The number of carbonyl (C=O) groups is 1. The lowest BCUT2D eigenvalue weighted by Crippen LogP contribution is -2.31. The highest BCUT2D eigenvalue weighted by molar-refractivity contribution is 5.80. The highest BCUT2D eigenvalue weighted by Gasteiger charge is 2.03. The van der Waals surface area contributed by atoms with Crippen molar-refractivity contribution in [1.29, 1.82) is 0 Å². The van der Waals surface area contributed by atoms with E-state index in [1.807, 2.05) is 24.3 Å². The van der Waals surface area contributed by atoms with Crippen LogP contribution in [-0.2, 0) is 9.53 Å². The molecule has 0 saturated heterocycles. The van der Waals surface area contributed by atoms with Gasteiger partial charge >= 0.3 is 0 Å². The number of hydrogen-bond donors (Lipinski definition) is 1. The topological polar surface area (TPSA) is 60.5 Å². The summed E-state index contributed by atoms with van der Waals surface area (Å²) >= 11 is 0. The first kappa shape index (κ1) is 13.3. The van der Waals surface area contributed by atoms with Crippen molar-refractivity contribution in [1.82, 2.24) is 10.3 Å². The van der Waals surface area contributed by atoms with Crippen molar-refractivity contribution in [3.63, 3.8) is 0 Å². The number of carbonyl (C=O) groups excluding carboxylic acids is 1. The first-order valence-electron chi connectivity index (χ1n) is 6.03. The zero-order valence-electron chi connectivity index (χ0n) is 10.8. The van der Waals surface area contributed by atoms with Crippen LogP contribution in [-0.4, -0.2) is 37.8 Å². The molecule has 0 radical (unpaired) electrons. The van der Waals surface area contributed by atoms with E-state index in [4.69, 9.17) is 9.47 Å². The lowest BCUT2D eigenvalue weighted by Gasteiger charge is -2.07. The van der Waals surface area contributed by atoms with Gasteiger partial charge < -0.3 is 14.8 Å². The molecule has 0 aliphatic carbocycles. The highest BCUT2D eigenvalue weighted by Crippen LogP contribution is 2.18. The van der Waals surface area contributed by atoms with Crippen LogP contribution >= 0.6 is 0 Å². The standard InChI is InChI=1S/C14H16N2O3/c1-18-8-7-16-14(17)10-19-12-4-5-13-11(9-12)3-2-6-15-13/h2-6,9H,7-8,10H2,1H3,(H,16,17). The van der Waals surface area contributed by atoms with Crippen LogP contribution in [0.1, 0.15) is 0 Å². The van der Waals surface area contributed by atoms with Crippen molar-refractivity contribution in [2.24, 2.45) is 0 Å². The Morgan fingerprint density at radius 2 is 2.26 bits per heavy atom. The molecular weight excluding hydrogens is 244 g/mol. The van der Waals surface area contributed by atoms with Gasteiger partial charge in [-0.25, -0.2) is 0 Å². The maximum atomic E-state index is 11.5. The number of methoxy groups -OCH3 is 1. The van der Waals surface area contributed by atoms with Crippen LogP contribution in [0.2, 0.25) is 0 Å². The molecule has 2 rings (SSSR count). The Bertz CT molecular complexity index is 557. The summed E-state index contributed by atoms with van der Waals surface area (Å²) in [6.07, 6.45) is 1.74. The number of rotatable bonds is 6. The highest BCUT2D eigenvalue weighted by atomic mass is 16.5. The molecule has 5 heteroatoms. The molecule has 5 nitrogen and oxygen atoms in total. The Morgan fingerprint density at radius 3 is 3.11 bits per heavy atom. The fourth-order valence-corrected chi connectivity index (χ4v) is 1.64. The predicted molar refractivity (Wildman–Crippen MR) is 72.1 cm³/mol. The average Bonchev–Trinajstić information content (AvgIpc) is 2.45. The number of amides is 1. The fraction of sp³-hybridized carbons (Fsp3) is 0.286. The summed E-state index contributed by atoms with van der Waals surface area (Å²) in [5.74, 6) is 0.491. The van der Waals surface area contributed by atoms with Crippen LogP contribution in [0.25, 0.3) is 10.9 Å². The van der Waals surface area contributed by atoms with Gasteiger partial charge in [0, 0.05) is 25.2 Å². The van der Waals surface area contributed by atoms with Crippen molar-refractivity contribution in [3.8, 4) is 5.75 Å². The van der Waals surface area contributed by atoms with Crippen LogP contribution in [0.5, 0.6) is 5.75 Å². The van der Waals surface area contributed by atoms with E-state index in [-0.39, 0.29) is 12.5 Å². The zero-order chi connectivity index (χ0) is 13.5. The molecule has 1 heterocycles. The van der Waals surface area contributed by atoms with Gasteiger partial charge in [-0.15, -0.1) is 0 Å². The molecule has 0 spiro atoms. The number of hydrogen-bond acceptors (Lipinski definition) is 4. The minimum absolute atomic E-state index is 0.00448. The molecule has 1 amide bonds. The number of nitrogens with one attached hydrogen (secondary N) is 1. The van der Waals surface area contributed by atoms with E-state index >= 15 is 0 Å². The van der Waals surface area contributed by atoms with Gasteiger partial charge in [0.2, 0.25) is 0 Å². The van der Waals surface area contributed by atoms with E-state index in [9.17, 15) is 4.79 Å². The normalized spacial score (nSPS) is 10.4. The number of fused-ring (bicyclic) bond motifs is 1. The minimum Gasteiger partial charge on any atom is -0.484 e. The van der Waals surface area contributed by atoms with Crippen molar-refractivity contribution in [2.45, 2.75) is 0 Å². The average molecular weight is 260 g/mol. The molecular formula is C14H16N2O3. The molecule has 100 valence electrons. The Balaban J connectivity index is 1.89. The summed E-state index contributed by atoms with van der Waals surface area (Å²) in [6.45, 7) is 0.975. The summed E-state index contributed by atoms with van der Waals surface area (Å²) in [4.78, 5) is 15.7. The third-order valence-electron chi connectivity index (χ3n) is 2.57. The number of benzene rings is 1. The summed E-state index contributed by atoms with van der Waals surface area (Å²) in [6, 6.07) is 9.35. The van der Waals surface area contributed by atoms with Crippen LogP contribution in [0, 0.1) is 0 Å². The molecule has 0 unspecified atom stereocenters. The lowest BCUT2D eigenvalue weighted by atomic mass is 10.2. The summed E-state index contributed by atoms with van der Waals surface area (Å²) in [7, 11) is 1.59. The SMILES string of the molecule is COCCNC(=O)COc1ccc2ncccc2c1. The van der Waals surface area contributed by atoms with Crippen molar-refractivity contribution < 1.29 is 14.3 Å². The molecule has 0 bridgehead atoms. The van der Waals surface area contributed by atoms with E-state index < -0.39 is 0 Å². The van der Waals surface area contributed by atoms with E-state index in [0.29, 0.717) is 18.9 Å². The van der Waals surface area contributed by atoms with Crippen LogP contribution in [0.15, 0.2) is 36.5 Å². The smallest absolute Gasteiger partial charge is 0.258 e. The second kappa shape index (κ2) is 6.70. The van der Waals surface area contributed by atoms with E-state index in [2.05, 4.69) is 10.3 Å². The summed E-state index contributed by atoms with van der Waals surface area (Å²) < 4.78 is 10.3. The van der Waals surface area contributed by atoms with Crippen molar-refractivity contribution in [2.75, 3.05) is 26.9 Å². The first-order valence-corrected chi connectivity index (χ1v) is 6.03. The molecule has 19 heavy (non-hydrogen) atoms. The predicted octanol–water partition coefficient (Wildman–Crippen LogP) is 1.38. The molecule has 2 aromatic rings. The monoisotopic (exact) mass is 260 g/mol. The Kier molecular flexibility index (Phi) is 4.69. The van der Waals surface area contributed by atoms with E-state index in [1.54, 1.807) is 19.4 Å². The van der Waals surface area contributed by atoms with Gasteiger partial charge in [-0.3, -0.25) is 9.78 Å². The lowest BCUT2D eigenvalue weighted by molar-refractivity contribution is -0.123. The van der Waals surface area contributed by atoms with Gasteiger partial charge in [0.25, 0.3) is 5.91 Å². The van der Waals surface area contributed by atoms with Gasteiger partial charge in [-0.2, -0.15) is 0 Å². The van der Waals surface area contributed by atoms with E-state index in [1.165, 1.54) is 0 Å². The molecule has 0 atom stereocenters. The Hall–Kier alpha value is -2.14. The molecule has 1 N–H and O–H groups in total. The van der Waals surface area contributed by atoms with Crippen LogP contribution in [0.4, 0.5) is 0 Å². The molecule has 1 aromatic carbocycles. The zero-order valence-corrected chi connectivity index (χ0v) is 10.8. The largest absolute Gasteiger partial charge is 0.484 e. The third kappa shape index (κ3) is 3.93. The van der Waals surface area contributed by atoms with Crippen LogP contribution in [0.3, 0.4) is 0 Å². The maximum Gasteiger partial charge on any atom is 0.258 e.